The number of unbranched alkanes of at least 4 members (excludes halogenated alkanes) is 6. The predicted molar refractivity (Wildman–Crippen MR) is 130 cm³/mol. The summed E-state index contributed by atoms with van der Waals surface area (Å²) in [5.74, 6) is -3.02. The highest BCUT2D eigenvalue weighted by Gasteiger charge is 2.23. The Balaban J connectivity index is 1.55. The molecule has 0 aromatic heterocycles. The monoisotopic (exact) mass is 463 g/mol. The minimum Gasteiger partial charge on any atom is -0.423 e. The van der Waals surface area contributed by atoms with Crippen LogP contribution in [0, 0.1) is 23.0 Å². The van der Waals surface area contributed by atoms with Crippen molar-refractivity contribution in [2.75, 3.05) is 0 Å². The molecule has 178 valence electrons. The molecule has 0 fully saturated rings. The maximum atomic E-state index is 14.7. The highest BCUT2D eigenvalue weighted by atomic mass is 19.1. The molecule has 0 heterocycles. The summed E-state index contributed by atoms with van der Waals surface area (Å²) in [5.41, 5.74) is 1.44. The molecule has 0 radical (unpaired) electrons. The summed E-state index contributed by atoms with van der Waals surface area (Å²) in [6.07, 6.45) is 16.8. The number of carbonyl (C=O) groups excluding carboxylic acids is 1. The van der Waals surface area contributed by atoms with Gasteiger partial charge in [-0.05, 0) is 61.2 Å². The maximum Gasteiger partial charge on any atom is 0.349 e. The lowest BCUT2D eigenvalue weighted by molar-refractivity contribution is 0.0724. The number of nitrogens with zero attached hydrogens (tertiary/aromatic N) is 1. The van der Waals surface area contributed by atoms with Gasteiger partial charge in [-0.3, -0.25) is 0 Å². The summed E-state index contributed by atoms with van der Waals surface area (Å²) in [7, 11) is 0. The van der Waals surface area contributed by atoms with Gasteiger partial charge in [0.2, 0.25) is 0 Å². The van der Waals surface area contributed by atoms with Crippen LogP contribution in [0.4, 0.5) is 8.78 Å². The Kier molecular flexibility index (Phi) is 9.58. The van der Waals surface area contributed by atoms with Crippen molar-refractivity contribution in [1.29, 1.82) is 5.26 Å². The van der Waals surface area contributed by atoms with Gasteiger partial charge in [0.25, 0.3) is 0 Å². The Bertz CT molecular complexity index is 1060. The first-order chi connectivity index (χ1) is 16.5. The number of hydrogen-bond donors (Lipinski definition) is 0. The zero-order valence-corrected chi connectivity index (χ0v) is 19.7. The lowest BCUT2D eigenvalue weighted by Gasteiger charge is -2.18. The minimum atomic E-state index is -1.11. The second-order valence-electron chi connectivity index (χ2n) is 8.74. The minimum absolute atomic E-state index is 0.112. The van der Waals surface area contributed by atoms with Crippen molar-refractivity contribution in [1.82, 2.24) is 0 Å². The molecule has 3 nitrogen and oxygen atoms in total. The smallest absolute Gasteiger partial charge is 0.349 e. The van der Waals surface area contributed by atoms with E-state index in [2.05, 4.69) is 13.0 Å². The molecule has 1 aliphatic carbocycles. The van der Waals surface area contributed by atoms with E-state index in [0.29, 0.717) is 17.5 Å². The van der Waals surface area contributed by atoms with Crippen molar-refractivity contribution in [2.45, 2.75) is 70.6 Å². The number of benzene rings is 2. The van der Waals surface area contributed by atoms with Crippen LogP contribution < -0.4 is 4.74 Å². The van der Waals surface area contributed by atoms with Crippen LogP contribution >= 0.6 is 0 Å². The quantitative estimate of drug-likeness (QED) is 0.192. The van der Waals surface area contributed by atoms with Crippen molar-refractivity contribution in [3.05, 3.63) is 88.5 Å². The summed E-state index contributed by atoms with van der Waals surface area (Å²) < 4.78 is 34.5. The predicted octanol–water partition coefficient (Wildman–Crippen LogP) is 8.17. The summed E-state index contributed by atoms with van der Waals surface area (Å²) in [6.45, 7) is 2.22. The lowest BCUT2D eigenvalue weighted by Crippen LogP contribution is -2.14. The van der Waals surface area contributed by atoms with Crippen LogP contribution in [-0.4, -0.2) is 5.97 Å². The van der Waals surface area contributed by atoms with Gasteiger partial charge in [0.15, 0.2) is 0 Å². The zero-order valence-electron chi connectivity index (χ0n) is 19.7. The molecule has 1 unspecified atom stereocenters. The lowest BCUT2D eigenvalue weighted by atomic mass is 9.88. The largest absolute Gasteiger partial charge is 0.423 e. The highest BCUT2D eigenvalue weighted by Crippen LogP contribution is 2.31. The van der Waals surface area contributed by atoms with E-state index in [0.717, 1.165) is 12.8 Å². The van der Waals surface area contributed by atoms with Crippen molar-refractivity contribution >= 4 is 5.97 Å². The first-order valence-corrected chi connectivity index (χ1v) is 12.1. The SMILES string of the molecule is CCCCCCCCCC1=CCC(c2cc(F)c(C(=O)Oc3ccc(C#N)cc3)c(F)c2)C=C1. The van der Waals surface area contributed by atoms with E-state index in [1.165, 1.54) is 80.5 Å². The van der Waals surface area contributed by atoms with Gasteiger partial charge in [-0.1, -0.05) is 69.2 Å². The number of hydrogen-bond acceptors (Lipinski definition) is 3. The third-order valence-corrected chi connectivity index (χ3v) is 6.14. The molecule has 0 bridgehead atoms. The molecule has 34 heavy (non-hydrogen) atoms. The number of ether oxygens (including phenoxy) is 1. The molecule has 2 aromatic rings. The van der Waals surface area contributed by atoms with Gasteiger partial charge in [0, 0.05) is 5.92 Å². The molecule has 0 amide bonds. The zero-order chi connectivity index (χ0) is 24.3. The van der Waals surface area contributed by atoms with E-state index in [-0.39, 0.29) is 11.7 Å². The van der Waals surface area contributed by atoms with E-state index < -0.39 is 23.2 Å². The third-order valence-electron chi connectivity index (χ3n) is 6.14. The standard InChI is InChI=1S/C29H31F2NO2/c1-2-3-4-5-6-7-8-9-21-10-14-23(15-11-21)24-18-26(30)28(27(31)19-24)29(33)34-25-16-12-22(20-32)13-17-25/h10-14,16-19,23H,2-9,15H2,1H3. The summed E-state index contributed by atoms with van der Waals surface area (Å²) in [4.78, 5) is 12.3. The number of allylic oxidation sites excluding steroid dienone is 4. The summed E-state index contributed by atoms with van der Waals surface area (Å²) in [5, 5.41) is 8.83. The van der Waals surface area contributed by atoms with Gasteiger partial charge < -0.3 is 4.74 Å². The van der Waals surface area contributed by atoms with E-state index in [4.69, 9.17) is 10.00 Å². The van der Waals surface area contributed by atoms with E-state index in [1.54, 1.807) is 0 Å². The van der Waals surface area contributed by atoms with Gasteiger partial charge in [-0.15, -0.1) is 0 Å². The highest BCUT2D eigenvalue weighted by molar-refractivity contribution is 5.91. The number of nitriles is 1. The number of halogens is 2. The Labute approximate surface area is 200 Å². The molecule has 5 heteroatoms. The molecule has 0 N–H and O–H groups in total. The molecule has 2 aromatic carbocycles. The van der Waals surface area contributed by atoms with Crippen molar-refractivity contribution in [2.24, 2.45) is 0 Å². The van der Waals surface area contributed by atoms with E-state index in [1.807, 2.05) is 18.2 Å². The molecular weight excluding hydrogens is 432 g/mol. The Morgan fingerprint density at radius 3 is 2.26 bits per heavy atom. The summed E-state index contributed by atoms with van der Waals surface area (Å²) in [6, 6.07) is 10.1. The molecule has 0 saturated heterocycles. The van der Waals surface area contributed by atoms with Crippen LogP contribution in [0.1, 0.15) is 92.1 Å². The molecule has 0 spiro atoms. The Morgan fingerprint density at radius 2 is 1.68 bits per heavy atom. The van der Waals surface area contributed by atoms with Crippen molar-refractivity contribution in [3.63, 3.8) is 0 Å². The first-order valence-electron chi connectivity index (χ1n) is 12.1. The fraction of sp³-hybridized carbons (Fsp3) is 0.379. The van der Waals surface area contributed by atoms with Crippen molar-refractivity contribution < 1.29 is 18.3 Å². The average Bonchev–Trinajstić information content (AvgIpc) is 2.84. The second-order valence-corrected chi connectivity index (χ2v) is 8.74. The molecule has 1 aliphatic rings. The van der Waals surface area contributed by atoms with Gasteiger partial charge in [-0.25, -0.2) is 13.6 Å². The Hall–Kier alpha value is -3.26. The van der Waals surface area contributed by atoms with Crippen LogP contribution in [0.3, 0.4) is 0 Å². The summed E-state index contributed by atoms with van der Waals surface area (Å²) >= 11 is 0. The van der Waals surface area contributed by atoms with Crippen LogP contribution in [0.5, 0.6) is 5.75 Å². The van der Waals surface area contributed by atoms with Gasteiger partial charge in [-0.2, -0.15) is 5.26 Å². The molecule has 3 rings (SSSR count). The molecule has 0 saturated carbocycles. The van der Waals surface area contributed by atoms with Crippen LogP contribution in [-0.2, 0) is 0 Å². The molecular formula is C29H31F2NO2. The van der Waals surface area contributed by atoms with Crippen LogP contribution in [0.15, 0.2) is 60.2 Å². The van der Waals surface area contributed by atoms with Gasteiger partial charge in [0.1, 0.15) is 22.9 Å². The van der Waals surface area contributed by atoms with Crippen LogP contribution in [0.25, 0.3) is 0 Å². The van der Waals surface area contributed by atoms with E-state index in [9.17, 15) is 13.6 Å². The fourth-order valence-electron chi connectivity index (χ4n) is 4.14. The first kappa shape index (κ1) is 25.4. The number of esters is 1. The molecule has 1 atom stereocenters. The second kappa shape index (κ2) is 12.8. The fourth-order valence-corrected chi connectivity index (χ4v) is 4.14. The number of rotatable bonds is 11. The molecule has 0 aliphatic heterocycles. The van der Waals surface area contributed by atoms with E-state index >= 15 is 0 Å². The van der Waals surface area contributed by atoms with Gasteiger partial charge in [0.05, 0.1) is 11.6 Å². The van der Waals surface area contributed by atoms with Crippen molar-refractivity contribution in [3.8, 4) is 11.8 Å². The van der Waals surface area contributed by atoms with Crippen LogP contribution in [0.2, 0.25) is 0 Å². The van der Waals surface area contributed by atoms with Gasteiger partial charge >= 0.3 is 5.97 Å². The third kappa shape index (κ3) is 7.12. The topological polar surface area (TPSA) is 50.1 Å². The normalized spacial score (nSPS) is 15.0. The number of carbonyl (C=O) groups is 1. The maximum absolute atomic E-state index is 14.7. The Morgan fingerprint density at radius 1 is 1.03 bits per heavy atom. The average molecular weight is 464 g/mol.